The molecule has 3 N–H and O–H groups in total. The fourth-order valence-electron chi connectivity index (χ4n) is 7.53. The Balaban J connectivity index is 1.07. The summed E-state index contributed by atoms with van der Waals surface area (Å²) in [6.07, 6.45) is 3.56. The normalized spacial score (nSPS) is 16.6. The van der Waals surface area contributed by atoms with Crippen LogP contribution in [0, 0.1) is 0 Å². The quantitative estimate of drug-likeness (QED) is 0.0154. The van der Waals surface area contributed by atoms with Gasteiger partial charge in [-0.25, -0.2) is 28.5 Å². The lowest BCUT2D eigenvalue weighted by molar-refractivity contribution is -0.695. The number of nitrogens with one attached hydrogen (secondary N) is 2. The first-order valence-corrected chi connectivity index (χ1v) is 24.9. The second-order valence-electron chi connectivity index (χ2n) is 17.1. The number of thioether (sulfide) groups is 2. The summed E-state index contributed by atoms with van der Waals surface area (Å²) in [7, 11) is 0. The van der Waals surface area contributed by atoms with E-state index in [0.717, 1.165) is 21.4 Å². The first-order chi connectivity index (χ1) is 32.1. The van der Waals surface area contributed by atoms with E-state index in [1.54, 1.807) is 43.1 Å². The summed E-state index contributed by atoms with van der Waals surface area (Å²) < 4.78 is 21.8. The maximum Gasteiger partial charge on any atom is 0.353 e. The number of rotatable bonds is 17. The molecule has 0 spiro atoms. The number of alkyl halides is 1. The molecule has 1 unspecified atom stereocenters. The van der Waals surface area contributed by atoms with Crippen LogP contribution in [0.15, 0.2) is 136 Å². The number of nitrogens with zero attached hydrogens (tertiary/aromatic N) is 5. The van der Waals surface area contributed by atoms with Gasteiger partial charge in [0, 0.05) is 23.0 Å². The number of pyridine rings is 1. The Bertz CT molecular complexity index is 2770. The summed E-state index contributed by atoms with van der Waals surface area (Å²) in [4.78, 5) is 71.0. The summed E-state index contributed by atoms with van der Waals surface area (Å²) in [5.74, 6) is -2.90. The van der Waals surface area contributed by atoms with Crippen LogP contribution in [0.25, 0.3) is 10.2 Å². The first kappa shape index (κ1) is 47.3. The van der Waals surface area contributed by atoms with Crippen molar-refractivity contribution in [3.63, 3.8) is 0 Å². The second-order valence-corrected chi connectivity index (χ2v) is 21.3. The van der Waals surface area contributed by atoms with Crippen LogP contribution >= 0.6 is 46.2 Å². The highest BCUT2D eigenvalue weighted by molar-refractivity contribution is 8.02. The molecule has 1 saturated heterocycles. The second kappa shape index (κ2) is 19.6. The lowest BCUT2D eigenvalue weighted by Gasteiger charge is -2.49. The fourth-order valence-corrected chi connectivity index (χ4v) is 11.8. The number of benzene rings is 3. The molecule has 0 bridgehead atoms. The van der Waals surface area contributed by atoms with Crippen LogP contribution < -0.4 is 15.2 Å². The number of thiazole rings is 2. The van der Waals surface area contributed by atoms with Gasteiger partial charge in [0.15, 0.2) is 34.1 Å². The Morgan fingerprint density at radius 2 is 1.57 bits per heavy atom. The molecule has 2 amide bonds. The molecule has 67 heavy (non-hydrogen) atoms. The number of hydrogen-bond acceptors (Lipinski definition) is 14. The number of anilines is 1. The SMILES string of the molecule is CC(C)(C)OC(=O)C(C)(C)ON=C(C(=O)NC1C(=O)N2C(C(=O)O)=C(CSc3nc4c[n+](CCF)ccc4s3)CS[C@@H]12)c1csc(NC(c2ccccc2)(c2ccccc2)c2ccccc2)n1. The zero-order valence-electron chi connectivity index (χ0n) is 37.1. The molecule has 14 nitrogen and oxygen atoms in total. The molecule has 0 aliphatic carbocycles. The number of carbonyl (C=O) groups is 4. The van der Waals surface area contributed by atoms with Crippen LogP contribution in [-0.4, -0.2) is 90.2 Å². The van der Waals surface area contributed by atoms with Crippen LogP contribution in [0.3, 0.4) is 0 Å². The lowest BCUT2D eigenvalue weighted by atomic mass is 9.77. The first-order valence-electron chi connectivity index (χ1n) is 21.2. The van der Waals surface area contributed by atoms with Gasteiger partial charge in [-0.3, -0.25) is 14.5 Å². The standard InChI is InChI=1S/C48H46FN7O7S4/c1-46(2,3)62-43(61)47(4,5)63-54-36(34-28-65-44(50-34)53-48(30-15-9-6-10-16-30,31-17-11-7-12-18-31)32-19-13-8-14-20-32)39(57)52-37-40(58)56-38(42(59)60)29(26-64-41(37)56)27-66-45-51-33-25-55(24-22-49)23-21-35(33)67-45/h6-21,23,25,28,37,41H,22,24,26-27H2,1-5H3,(H2-,50,52,53,57,59,60)/p+1/t37?,41-/m0/s1. The van der Waals surface area contributed by atoms with E-state index >= 15 is 0 Å². The van der Waals surface area contributed by atoms with Gasteiger partial charge in [0.2, 0.25) is 5.60 Å². The minimum absolute atomic E-state index is 0.0884. The lowest BCUT2D eigenvalue weighted by Crippen LogP contribution is -2.71. The van der Waals surface area contributed by atoms with Crippen LogP contribution in [0.5, 0.6) is 0 Å². The summed E-state index contributed by atoms with van der Waals surface area (Å²) in [5, 5.41) is 22.4. The number of esters is 1. The molecule has 1 fully saturated rings. The molecular weight excluding hydrogens is 934 g/mol. The van der Waals surface area contributed by atoms with Gasteiger partial charge in [0.25, 0.3) is 11.8 Å². The number of carbonyl (C=O) groups excluding carboxylic acids is 3. The molecular formula is C48H47FN7O7S4+. The van der Waals surface area contributed by atoms with Crippen molar-refractivity contribution in [2.24, 2.45) is 5.16 Å². The van der Waals surface area contributed by atoms with Crippen LogP contribution in [0.4, 0.5) is 9.52 Å². The maximum absolute atomic E-state index is 14.5. The van der Waals surface area contributed by atoms with Gasteiger partial charge < -0.3 is 25.3 Å². The van der Waals surface area contributed by atoms with Crippen molar-refractivity contribution in [1.29, 1.82) is 0 Å². The van der Waals surface area contributed by atoms with Crippen molar-refractivity contribution < 1.29 is 42.8 Å². The Morgan fingerprint density at radius 3 is 2.15 bits per heavy atom. The number of hydrogen-bond donors (Lipinski definition) is 3. The molecule has 19 heteroatoms. The Labute approximate surface area is 402 Å². The van der Waals surface area contributed by atoms with Crippen molar-refractivity contribution in [3.8, 4) is 0 Å². The summed E-state index contributed by atoms with van der Waals surface area (Å²) in [5.41, 5.74) is 0.191. The summed E-state index contributed by atoms with van der Waals surface area (Å²) >= 11 is 5.34. The third-order valence-corrected chi connectivity index (χ3v) is 15.1. The van der Waals surface area contributed by atoms with Gasteiger partial charge >= 0.3 is 11.9 Å². The van der Waals surface area contributed by atoms with E-state index in [4.69, 9.17) is 14.6 Å². The number of aliphatic carboxylic acids is 1. The average molecular weight is 981 g/mol. The van der Waals surface area contributed by atoms with Crippen molar-refractivity contribution in [2.75, 3.05) is 23.5 Å². The number of ether oxygens (including phenoxy) is 1. The zero-order chi connectivity index (χ0) is 47.5. The van der Waals surface area contributed by atoms with E-state index in [1.807, 2.05) is 97.1 Å². The predicted octanol–water partition coefficient (Wildman–Crippen LogP) is 7.79. The Morgan fingerprint density at radius 1 is 0.940 bits per heavy atom. The number of oxime groups is 1. The van der Waals surface area contributed by atoms with Gasteiger partial charge in [0.1, 0.15) is 46.1 Å². The molecule has 8 rings (SSSR count). The molecule has 2 aliphatic heterocycles. The van der Waals surface area contributed by atoms with E-state index in [2.05, 4.69) is 20.8 Å². The van der Waals surface area contributed by atoms with Gasteiger partial charge in [-0.05, 0) is 56.9 Å². The highest BCUT2D eigenvalue weighted by atomic mass is 32.2. The number of halogens is 1. The Kier molecular flexibility index (Phi) is 13.8. The number of carboxylic acids is 1. The third kappa shape index (κ3) is 10.1. The number of carboxylic acid groups (broad SMARTS) is 1. The number of amides is 2. The van der Waals surface area contributed by atoms with E-state index in [-0.39, 0.29) is 35.2 Å². The van der Waals surface area contributed by atoms with Gasteiger partial charge in [-0.1, -0.05) is 108 Å². The minimum atomic E-state index is -1.65. The van der Waals surface area contributed by atoms with Crippen LogP contribution in [0.1, 0.15) is 57.0 Å². The number of aryl methyl sites for hydroxylation is 1. The predicted molar refractivity (Wildman–Crippen MR) is 259 cm³/mol. The molecule has 0 radical (unpaired) electrons. The monoisotopic (exact) mass is 980 g/mol. The largest absolute Gasteiger partial charge is 0.477 e. The summed E-state index contributed by atoms with van der Waals surface area (Å²) in [6, 6.07) is 30.5. The van der Waals surface area contributed by atoms with Crippen LogP contribution in [0.2, 0.25) is 0 Å². The van der Waals surface area contributed by atoms with Crippen molar-refractivity contribution in [3.05, 3.63) is 148 Å². The summed E-state index contributed by atoms with van der Waals surface area (Å²) in [6.45, 7) is 7.79. The number of aromatic nitrogens is 3. The van der Waals surface area contributed by atoms with E-state index in [9.17, 15) is 28.7 Å². The number of β-lactam (4-membered cyclic amide) rings is 1. The number of fused-ring (bicyclic) bond motifs is 2. The van der Waals surface area contributed by atoms with Crippen LogP contribution in [-0.2, 0) is 40.8 Å². The molecule has 3 aromatic heterocycles. The Hall–Kier alpha value is -6.15. The smallest absolute Gasteiger partial charge is 0.353 e. The minimum Gasteiger partial charge on any atom is -0.477 e. The molecule has 2 atom stereocenters. The highest BCUT2D eigenvalue weighted by Gasteiger charge is 2.54. The molecule has 346 valence electrons. The van der Waals surface area contributed by atoms with Crippen molar-refractivity contribution >= 4 is 91.0 Å². The van der Waals surface area contributed by atoms with E-state index in [1.165, 1.54) is 64.9 Å². The topological polar surface area (TPSA) is 176 Å². The molecule has 0 saturated carbocycles. The molecule has 5 heterocycles. The molecule has 6 aromatic rings. The highest BCUT2D eigenvalue weighted by Crippen LogP contribution is 2.43. The van der Waals surface area contributed by atoms with E-state index in [0.29, 0.717) is 20.6 Å². The van der Waals surface area contributed by atoms with Crippen molar-refractivity contribution in [2.45, 2.75) is 73.7 Å². The average Bonchev–Trinajstić information content (AvgIpc) is 3.95. The fraction of sp³-hybridized carbons (Fsp3) is 0.292. The van der Waals surface area contributed by atoms with E-state index < -0.39 is 58.6 Å². The van der Waals surface area contributed by atoms with Gasteiger partial charge in [-0.2, -0.15) is 0 Å². The van der Waals surface area contributed by atoms with Gasteiger partial charge in [0.05, 0.1) is 4.70 Å². The zero-order valence-corrected chi connectivity index (χ0v) is 40.4. The molecule has 3 aromatic carbocycles. The van der Waals surface area contributed by atoms with Gasteiger partial charge in [-0.15, -0.1) is 34.4 Å². The third-order valence-electron chi connectivity index (χ3n) is 10.7. The van der Waals surface area contributed by atoms with Crippen molar-refractivity contribution in [1.82, 2.24) is 20.2 Å². The molecule has 2 aliphatic rings. The maximum atomic E-state index is 14.5.